The van der Waals surface area contributed by atoms with Gasteiger partial charge in [-0.25, -0.2) is 0 Å². The average molecular weight is 355 g/mol. The molecule has 0 N–H and O–H groups in total. The Morgan fingerprint density at radius 3 is 2.85 bits per heavy atom. The number of rotatable bonds is 4. The number of hydrogen-bond donors (Lipinski definition) is 0. The molecule has 0 radical (unpaired) electrons. The van der Waals surface area contributed by atoms with Crippen molar-refractivity contribution in [2.75, 3.05) is 6.61 Å². The molecule has 1 rings (SSSR count). The first-order chi connectivity index (χ1) is 6.24. The molecule has 0 aliphatic rings. The Labute approximate surface area is 101 Å². The van der Waals surface area contributed by atoms with E-state index in [9.17, 15) is 0 Å². The first-order valence-electron chi connectivity index (χ1n) is 4.32. The van der Waals surface area contributed by atoms with Crippen LogP contribution in [0.3, 0.4) is 0 Å². The average Bonchev–Trinajstić information content (AvgIpc) is 2.12. The molecule has 0 aliphatic carbocycles. The number of hydrogen-bond acceptors (Lipinski definition) is 1. The minimum absolute atomic E-state index is 0.814. The molecule has 72 valence electrons. The molecule has 3 heteroatoms. The van der Waals surface area contributed by atoms with Crippen molar-refractivity contribution >= 4 is 38.5 Å². The molecule has 0 heterocycles. The van der Waals surface area contributed by atoms with Gasteiger partial charge in [-0.05, 0) is 63.1 Å². The number of unbranched alkanes of at least 4 members (excludes halogenated alkanes) is 1. The van der Waals surface area contributed by atoms with E-state index in [1.165, 1.54) is 9.99 Å². The fourth-order valence-electron chi connectivity index (χ4n) is 0.901. The van der Waals surface area contributed by atoms with E-state index in [-0.39, 0.29) is 0 Å². The van der Waals surface area contributed by atoms with Crippen molar-refractivity contribution in [3.05, 3.63) is 26.2 Å². The minimum atomic E-state index is 0.814. The van der Waals surface area contributed by atoms with Crippen LogP contribution in [0.4, 0.5) is 0 Å². The largest absolute Gasteiger partial charge is 0.494 e. The summed E-state index contributed by atoms with van der Waals surface area (Å²) < 4.78 is 7.86. The van der Waals surface area contributed by atoms with E-state index in [0.29, 0.717) is 0 Å². The van der Waals surface area contributed by atoms with Crippen LogP contribution in [0.15, 0.2) is 22.7 Å². The summed E-state index contributed by atoms with van der Waals surface area (Å²) in [5, 5.41) is 0. The zero-order valence-electron chi connectivity index (χ0n) is 7.52. The van der Waals surface area contributed by atoms with E-state index in [1.807, 2.05) is 18.2 Å². The van der Waals surface area contributed by atoms with Crippen molar-refractivity contribution in [1.29, 1.82) is 0 Å². The Morgan fingerprint density at radius 2 is 2.23 bits per heavy atom. The smallest absolute Gasteiger partial charge is 0.120 e. The first kappa shape index (κ1) is 11.3. The molecule has 1 nitrogen and oxygen atoms in total. The minimum Gasteiger partial charge on any atom is -0.494 e. The molecule has 0 saturated heterocycles. The highest BCUT2D eigenvalue weighted by Gasteiger charge is 1.98. The van der Waals surface area contributed by atoms with Gasteiger partial charge in [-0.1, -0.05) is 13.3 Å². The zero-order chi connectivity index (χ0) is 9.68. The van der Waals surface area contributed by atoms with E-state index in [4.69, 9.17) is 4.74 Å². The highest BCUT2D eigenvalue weighted by atomic mass is 127. The van der Waals surface area contributed by atoms with Crippen molar-refractivity contribution in [2.45, 2.75) is 19.8 Å². The standard InChI is InChI=1S/C10H12BrIO/c1-2-3-6-13-8-4-5-9(11)10(12)7-8/h4-5,7H,2-3,6H2,1H3. The van der Waals surface area contributed by atoms with Crippen LogP contribution in [-0.4, -0.2) is 6.61 Å². The highest BCUT2D eigenvalue weighted by molar-refractivity contribution is 14.1. The molecule has 0 atom stereocenters. The molecule has 1 aromatic carbocycles. The van der Waals surface area contributed by atoms with Gasteiger partial charge in [-0.2, -0.15) is 0 Å². The molecule has 0 saturated carbocycles. The molecule has 0 aromatic heterocycles. The maximum atomic E-state index is 5.56. The van der Waals surface area contributed by atoms with Gasteiger partial charge < -0.3 is 4.74 Å². The third-order valence-corrected chi connectivity index (χ3v) is 3.98. The second-order valence-corrected chi connectivity index (χ2v) is 4.79. The lowest BCUT2D eigenvalue weighted by Crippen LogP contribution is -1.96. The molecule has 0 bridgehead atoms. The van der Waals surface area contributed by atoms with Crippen LogP contribution in [0, 0.1) is 3.57 Å². The SMILES string of the molecule is CCCCOc1ccc(Br)c(I)c1. The lowest BCUT2D eigenvalue weighted by Gasteiger charge is -2.05. The van der Waals surface area contributed by atoms with Crippen LogP contribution in [0.1, 0.15) is 19.8 Å². The van der Waals surface area contributed by atoms with Crippen molar-refractivity contribution in [3.8, 4) is 5.75 Å². The second kappa shape index (κ2) is 5.86. The monoisotopic (exact) mass is 354 g/mol. The van der Waals surface area contributed by atoms with E-state index in [2.05, 4.69) is 45.4 Å². The van der Waals surface area contributed by atoms with Gasteiger partial charge in [0.2, 0.25) is 0 Å². The molecule has 0 unspecified atom stereocenters. The van der Waals surface area contributed by atoms with Crippen LogP contribution in [0.25, 0.3) is 0 Å². The summed E-state index contributed by atoms with van der Waals surface area (Å²) in [7, 11) is 0. The fourth-order valence-corrected chi connectivity index (χ4v) is 1.63. The van der Waals surface area contributed by atoms with Crippen molar-refractivity contribution in [1.82, 2.24) is 0 Å². The van der Waals surface area contributed by atoms with Crippen LogP contribution in [-0.2, 0) is 0 Å². The van der Waals surface area contributed by atoms with Gasteiger partial charge in [0.05, 0.1) is 6.61 Å². The quantitative estimate of drug-likeness (QED) is 0.580. The summed E-state index contributed by atoms with van der Waals surface area (Å²) in [6.45, 7) is 2.98. The zero-order valence-corrected chi connectivity index (χ0v) is 11.3. The third kappa shape index (κ3) is 3.85. The molecule has 0 spiro atoms. The van der Waals surface area contributed by atoms with Gasteiger partial charge >= 0.3 is 0 Å². The molecule has 0 aliphatic heterocycles. The number of halogens is 2. The lowest BCUT2D eigenvalue weighted by molar-refractivity contribution is 0.309. The highest BCUT2D eigenvalue weighted by Crippen LogP contribution is 2.23. The Bertz CT molecular complexity index is 276. The van der Waals surface area contributed by atoms with Gasteiger partial charge in [0, 0.05) is 8.04 Å². The van der Waals surface area contributed by atoms with Gasteiger partial charge in [-0.3, -0.25) is 0 Å². The summed E-state index contributed by atoms with van der Waals surface area (Å²) in [6.07, 6.45) is 2.29. The van der Waals surface area contributed by atoms with Crippen LogP contribution >= 0.6 is 38.5 Å². The summed E-state index contributed by atoms with van der Waals surface area (Å²) in [6, 6.07) is 6.05. The van der Waals surface area contributed by atoms with E-state index >= 15 is 0 Å². The second-order valence-electron chi connectivity index (χ2n) is 2.78. The van der Waals surface area contributed by atoms with Gasteiger partial charge in [0.15, 0.2) is 0 Å². The summed E-state index contributed by atoms with van der Waals surface area (Å²) in [5.41, 5.74) is 0. The van der Waals surface area contributed by atoms with Gasteiger partial charge in [0.25, 0.3) is 0 Å². The Hall–Kier alpha value is 0.230. The van der Waals surface area contributed by atoms with Gasteiger partial charge in [-0.15, -0.1) is 0 Å². The molecule has 0 fully saturated rings. The number of ether oxygens (including phenoxy) is 1. The summed E-state index contributed by atoms with van der Waals surface area (Å²) in [4.78, 5) is 0. The molecule has 13 heavy (non-hydrogen) atoms. The van der Waals surface area contributed by atoms with Gasteiger partial charge in [0.1, 0.15) is 5.75 Å². The maximum absolute atomic E-state index is 5.56. The van der Waals surface area contributed by atoms with Crippen LogP contribution < -0.4 is 4.74 Å². The third-order valence-electron chi connectivity index (χ3n) is 1.66. The van der Waals surface area contributed by atoms with Crippen molar-refractivity contribution < 1.29 is 4.74 Å². The molecular formula is C10H12BrIO. The molecular weight excluding hydrogens is 343 g/mol. The number of benzene rings is 1. The Kier molecular flexibility index (Phi) is 5.09. The first-order valence-corrected chi connectivity index (χ1v) is 6.19. The van der Waals surface area contributed by atoms with Crippen molar-refractivity contribution in [3.63, 3.8) is 0 Å². The maximum Gasteiger partial charge on any atom is 0.120 e. The predicted molar refractivity (Wildman–Crippen MR) is 67.3 cm³/mol. The Balaban J connectivity index is 2.53. The molecule has 1 aromatic rings. The summed E-state index contributed by atoms with van der Waals surface area (Å²) in [5.74, 6) is 0.959. The topological polar surface area (TPSA) is 9.23 Å². The van der Waals surface area contributed by atoms with E-state index < -0.39 is 0 Å². The van der Waals surface area contributed by atoms with E-state index in [1.54, 1.807) is 0 Å². The predicted octanol–water partition coefficient (Wildman–Crippen LogP) is 4.23. The molecule has 0 amide bonds. The fraction of sp³-hybridized carbons (Fsp3) is 0.400. The summed E-state index contributed by atoms with van der Waals surface area (Å²) >= 11 is 5.73. The Morgan fingerprint density at radius 1 is 1.46 bits per heavy atom. The van der Waals surface area contributed by atoms with Crippen molar-refractivity contribution in [2.24, 2.45) is 0 Å². The van der Waals surface area contributed by atoms with E-state index in [0.717, 1.165) is 23.2 Å². The van der Waals surface area contributed by atoms with Crippen LogP contribution in [0.2, 0.25) is 0 Å². The lowest BCUT2D eigenvalue weighted by atomic mass is 10.3. The van der Waals surface area contributed by atoms with Crippen LogP contribution in [0.5, 0.6) is 5.75 Å². The normalized spacial score (nSPS) is 10.1.